The van der Waals surface area contributed by atoms with Crippen molar-refractivity contribution in [3.8, 4) is 0 Å². The highest BCUT2D eigenvalue weighted by Crippen LogP contribution is 2.50. The molecule has 0 radical (unpaired) electrons. The molecule has 0 bridgehead atoms. The molecule has 13 heteroatoms. The summed E-state index contributed by atoms with van der Waals surface area (Å²) >= 11 is 0. The number of carbonyl (C=O) groups is 3. The number of imide groups is 1. The summed E-state index contributed by atoms with van der Waals surface area (Å²) in [5, 5.41) is 33.5. The lowest BCUT2D eigenvalue weighted by molar-refractivity contribution is -0.384. The predicted molar refractivity (Wildman–Crippen MR) is 107 cm³/mol. The third kappa shape index (κ3) is 3.40. The van der Waals surface area contributed by atoms with Crippen LogP contribution in [0.15, 0.2) is 48.5 Å². The number of rotatable bonds is 5. The number of amides is 2. The minimum atomic E-state index is -4.72. The number of anilines is 1. The summed E-state index contributed by atoms with van der Waals surface area (Å²) < 4.78 is 39.8. The fourth-order valence-electron chi connectivity index (χ4n) is 4.61. The van der Waals surface area contributed by atoms with Crippen molar-refractivity contribution in [2.75, 3.05) is 11.5 Å². The molecule has 2 heterocycles. The number of carbonyl (C=O) groups excluding carboxylic acids is 2. The van der Waals surface area contributed by atoms with E-state index in [2.05, 4.69) is 5.32 Å². The first-order valence-corrected chi connectivity index (χ1v) is 9.84. The number of non-ortho nitro benzene ring substituents is 1. The first-order chi connectivity index (χ1) is 15.9. The highest BCUT2D eigenvalue weighted by Gasteiger charge is 2.68. The van der Waals surface area contributed by atoms with Gasteiger partial charge >= 0.3 is 12.1 Å². The number of nitro benzene ring substituents is 1. The van der Waals surface area contributed by atoms with Gasteiger partial charge in [0.2, 0.25) is 11.8 Å². The number of fused-ring (bicyclic) bond motifs is 1. The van der Waals surface area contributed by atoms with Gasteiger partial charge in [-0.15, -0.1) is 0 Å². The molecule has 2 aromatic carbocycles. The van der Waals surface area contributed by atoms with Crippen molar-refractivity contribution < 1.29 is 42.7 Å². The first kappa shape index (κ1) is 23.3. The highest BCUT2D eigenvalue weighted by atomic mass is 19.4. The maximum Gasteiger partial charge on any atom is 0.416 e. The van der Waals surface area contributed by atoms with Gasteiger partial charge in [-0.3, -0.25) is 29.8 Å². The monoisotopic (exact) mass is 479 g/mol. The molecule has 2 saturated heterocycles. The zero-order valence-electron chi connectivity index (χ0n) is 17.0. The van der Waals surface area contributed by atoms with Gasteiger partial charge < -0.3 is 10.2 Å². The van der Waals surface area contributed by atoms with Crippen LogP contribution in [-0.4, -0.2) is 45.1 Å². The van der Waals surface area contributed by atoms with Gasteiger partial charge in [-0.05, 0) is 23.8 Å². The van der Waals surface area contributed by atoms with Crippen molar-refractivity contribution in [1.29, 1.82) is 0 Å². The van der Waals surface area contributed by atoms with Crippen molar-refractivity contribution in [3.63, 3.8) is 0 Å². The summed E-state index contributed by atoms with van der Waals surface area (Å²) in [5.74, 6) is -6.85. The lowest BCUT2D eigenvalue weighted by Gasteiger charge is -2.29. The van der Waals surface area contributed by atoms with E-state index in [1.54, 1.807) is 0 Å². The van der Waals surface area contributed by atoms with Crippen molar-refractivity contribution in [2.24, 2.45) is 11.8 Å². The normalized spacial score (nSPS) is 26.6. The number of aliphatic hydroxyl groups is 1. The summed E-state index contributed by atoms with van der Waals surface area (Å²) in [4.78, 5) is 49.8. The molecule has 0 saturated carbocycles. The third-order valence-electron chi connectivity index (χ3n) is 6.16. The molecular weight excluding hydrogens is 463 g/mol. The summed E-state index contributed by atoms with van der Waals surface area (Å²) in [7, 11) is 0. The number of nitro groups is 1. The minimum absolute atomic E-state index is 0.108. The molecule has 3 N–H and O–H groups in total. The zero-order chi connectivity index (χ0) is 25.0. The molecule has 2 aliphatic rings. The number of benzene rings is 2. The Morgan fingerprint density at radius 2 is 1.82 bits per heavy atom. The summed E-state index contributed by atoms with van der Waals surface area (Å²) in [5.41, 5.74) is -4.16. The molecule has 178 valence electrons. The quantitative estimate of drug-likeness (QED) is 0.334. The van der Waals surface area contributed by atoms with Crippen LogP contribution in [-0.2, 0) is 20.6 Å². The number of carboxylic acids is 1. The van der Waals surface area contributed by atoms with E-state index < -0.39 is 70.2 Å². The maximum atomic E-state index is 13.4. The summed E-state index contributed by atoms with van der Waals surface area (Å²) in [6.07, 6.45) is -4.72. The number of nitrogens with zero attached hydrogens (tertiary/aromatic N) is 2. The number of alkyl halides is 3. The average Bonchev–Trinajstić information content (AvgIpc) is 3.27. The predicted octanol–water partition coefficient (Wildman–Crippen LogP) is 1.88. The molecule has 4 atom stereocenters. The van der Waals surface area contributed by atoms with Gasteiger partial charge in [0.25, 0.3) is 5.69 Å². The van der Waals surface area contributed by atoms with Crippen LogP contribution in [0.2, 0.25) is 0 Å². The van der Waals surface area contributed by atoms with E-state index in [-0.39, 0.29) is 11.3 Å². The van der Waals surface area contributed by atoms with E-state index >= 15 is 0 Å². The van der Waals surface area contributed by atoms with Crippen LogP contribution in [0.5, 0.6) is 0 Å². The van der Waals surface area contributed by atoms with Crippen LogP contribution in [0.1, 0.15) is 17.2 Å². The molecule has 4 rings (SSSR count). The molecule has 2 amide bonds. The van der Waals surface area contributed by atoms with E-state index in [0.717, 1.165) is 30.3 Å². The number of carboxylic acid groups (broad SMARTS) is 1. The van der Waals surface area contributed by atoms with Gasteiger partial charge in [0.1, 0.15) is 0 Å². The molecule has 2 fully saturated rings. The Labute approximate surface area is 188 Å². The largest absolute Gasteiger partial charge is 0.480 e. The van der Waals surface area contributed by atoms with Gasteiger partial charge in [-0.25, -0.2) is 4.90 Å². The van der Waals surface area contributed by atoms with E-state index in [1.165, 1.54) is 18.2 Å². The molecule has 2 aliphatic heterocycles. The zero-order valence-corrected chi connectivity index (χ0v) is 17.0. The summed E-state index contributed by atoms with van der Waals surface area (Å²) in [6.45, 7) is -1.14. The number of hydrogen-bond donors (Lipinski definition) is 3. The van der Waals surface area contributed by atoms with Crippen molar-refractivity contribution in [2.45, 2.75) is 17.8 Å². The van der Waals surface area contributed by atoms with E-state index in [1.807, 2.05) is 0 Å². The Kier molecular flexibility index (Phi) is 5.41. The summed E-state index contributed by atoms with van der Waals surface area (Å²) in [6, 6.07) is 7.01. The molecule has 10 nitrogen and oxygen atoms in total. The second kappa shape index (κ2) is 7.88. The second-order valence-electron chi connectivity index (χ2n) is 7.97. The number of halogens is 3. The second-order valence-corrected chi connectivity index (χ2v) is 7.97. The van der Waals surface area contributed by atoms with Crippen molar-refractivity contribution in [1.82, 2.24) is 5.32 Å². The maximum absolute atomic E-state index is 13.4. The van der Waals surface area contributed by atoms with Crippen LogP contribution in [0, 0.1) is 22.0 Å². The van der Waals surface area contributed by atoms with Crippen molar-refractivity contribution >= 4 is 29.2 Å². The van der Waals surface area contributed by atoms with Crippen molar-refractivity contribution in [3.05, 3.63) is 69.8 Å². The Morgan fingerprint density at radius 3 is 2.41 bits per heavy atom. The van der Waals surface area contributed by atoms with Crippen LogP contribution >= 0.6 is 0 Å². The average molecular weight is 479 g/mol. The fourth-order valence-corrected chi connectivity index (χ4v) is 4.61. The van der Waals surface area contributed by atoms with E-state index in [0.29, 0.717) is 4.90 Å². The van der Waals surface area contributed by atoms with Crippen LogP contribution < -0.4 is 10.2 Å². The van der Waals surface area contributed by atoms with Gasteiger partial charge in [0, 0.05) is 18.2 Å². The molecular formula is C21H16F3N3O7. The third-order valence-corrected chi connectivity index (χ3v) is 6.16. The molecule has 2 aromatic rings. The highest BCUT2D eigenvalue weighted by molar-refractivity contribution is 6.24. The van der Waals surface area contributed by atoms with Gasteiger partial charge in [0.15, 0.2) is 5.54 Å². The van der Waals surface area contributed by atoms with E-state index in [4.69, 9.17) is 0 Å². The number of aliphatic hydroxyl groups excluding tert-OH is 1. The molecule has 0 aromatic heterocycles. The van der Waals surface area contributed by atoms with Crippen LogP contribution in [0.3, 0.4) is 0 Å². The fraction of sp³-hybridized carbons (Fsp3) is 0.286. The van der Waals surface area contributed by atoms with Crippen LogP contribution in [0.4, 0.5) is 24.5 Å². The number of nitrogens with one attached hydrogen (secondary N) is 1. The molecule has 0 spiro atoms. The van der Waals surface area contributed by atoms with Gasteiger partial charge in [0.05, 0.1) is 34.6 Å². The van der Waals surface area contributed by atoms with Gasteiger partial charge in [-0.2, -0.15) is 13.2 Å². The first-order valence-electron chi connectivity index (χ1n) is 9.84. The number of aliphatic carboxylic acids is 1. The Morgan fingerprint density at radius 1 is 1.15 bits per heavy atom. The molecule has 0 aliphatic carbocycles. The smallest absolute Gasteiger partial charge is 0.416 e. The molecule has 4 unspecified atom stereocenters. The Balaban J connectivity index is 1.85. The Bertz CT molecular complexity index is 1220. The Hall–Kier alpha value is -3.84. The minimum Gasteiger partial charge on any atom is -0.480 e. The topological polar surface area (TPSA) is 150 Å². The lowest BCUT2D eigenvalue weighted by Crippen LogP contribution is -2.58. The number of hydrogen-bond acceptors (Lipinski definition) is 7. The van der Waals surface area contributed by atoms with Gasteiger partial charge in [-0.1, -0.05) is 18.2 Å². The van der Waals surface area contributed by atoms with E-state index in [9.17, 15) is 47.9 Å². The SMILES string of the molecule is O=C1C2C(c3cccc(C(F)(F)F)c3)NC(CO)(C(=O)O)C2C(=O)N1c1cccc([N+](=O)[O-])c1. The standard InChI is InChI=1S/C21H16F3N3O7/c22-21(23,24)11-4-1-3-10(7-11)16-14-15(20(9-28,25-16)19(31)32)18(30)26(17(14)29)12-5-2-6-13(8-12)27(33)34/h1-8,14-16,25,28H,9H2,(H,31,32). The van der Waals surface area contributed by atoms with Crippen LogP contribution in [0.25, 0.3) is 0 Å². The molecule has 34 heavy (non-hydrogen) atoms. The lowest BCUT2D eigenvalue weighted by atomic mass is 9.79.